The van der Waals surface area contributed by atoms with Gasteiger partial charge in [-0.3, -0.25) is 0 Å². The van der Waals surface area contributed by atoms with E-state index >= 15 is 0 Å². The average Bonchev–Trinajstić information content (AvgIpc) is 2.38. The lowest BCUT2D eigenvalue weighted by atomic mass is 10.1. The summed E-state index contributed by atoms with van der Waals surface area (Å²) in [6.07, 6.45) is 6.77. The Balaban J connectivity index is 2.68. The molecule has 1 N–H and O–H groups in total. The molecule has 1 heterocycles. The van der Waals surface area contributed by atoms with E-state index in [2.05, 4.69) is 26.2 Å². The Morgan fingerprint density at radius 3 is 2.82 bits per heavy atom. The molecule has 0 aromatic carbocycles. The van der Waals surface area contributed by atoms with Gasteiger partial charge in [-0.25, -0.2) is 4.79 Å². The normalized spacial score (nSPS) is 11.4. The lowest BCUT2D eigenvalue weighted by Gasteiger charge is -2.14. The molecule has 17 heavy (non-hydrogen) atoms. The summed E-state index contributed by atoms with van der Waals surface area (Å²) in [4.78, 5) is 11.1. The highest BCUT2D eigenvalue weighted by molar-refractivity contribution is 5.86. The van der Waals surface area contributed by atoms with E-state index in [1.165, 1.54) is 7.11 Å². The van der Waals surface area contributed by atoms with Gasteiger partial charge in [0.1, 0.15) is 5.82 Å². The van der Waals surface area contributed by atoms with E-state index in [-0.39, 0.29) is 11.7 Å². The highest BCUT2D eigenvalue weighted by atomic mass is 16.5. The van der Waals surface area contributed by atoms with E-state index in [0.29, 0.717) is 12.2 Å². The average molecular weight is 233 g/mol. The van der Waals surface area contributed by atoms with Crippen molar-refractivity contribution in [1.82, 2.24) is 10.2 Å². The van der Waals surface area contributed by atoms with Crippen LogP contribution in [0.2, 0.25) is 0 Å². The third-order valence-electron chi connectivity index (χ3n) is 2.27. The minimum Gasteiger partial charge on any atom is -0.464 e. The zero-order valence-electron chi connectivity index (χ0n) is 9.93. The van der Waals surface area contributed by atoms with Crippen molar-refractivity contribution >= 4 is 11.8 Å². The molecule has 1 rings (SSSR count). The molecule has 0 aliphatic carbocycles. The number of esters is 1. The molecule has 0 aliphatic heterocycles. The van der Waals surface area contributed by atoms with Crippen LogP contribution in [0.15, 0.2) is 12.1 Å². The van der Waals surface area contributed by atoms with Crippen LogP contribution in [0, 0.1) is 12.3 Å². The molecule has 1 aromatic heterocycles. The fourth-order valence-electron chi connectivity index (χ4n) is 1.27. The van der Waals surface area contributed by atoms with Gasteiger partial charge in [-0.15, -0.1) is 22.5 Å². The van der Waals surface area contributed by atoms with Gasteiger partial charge in [-0.1, -0.05) is 6.92 Å². The minimum atomic E-state index is -0.500. The number of rotatable bonds is 5. The van der Waals surface area contributed by atoms with Crippen LogP contribution in [0.4, 0.5) is 5.82 Å². The van der Waals surface area contributed by atoms with Crippen LogP contribution in [0.3, 0.4) is 0 Å². The fraction of sp³-hybridized carbons (Fsp3) is 0.417. The minimum absolute atomic E-state index is 0.165. The first-order valence-electron chi connectivity index (χ1n) is 5.33. The van der Waals surface area contributed by atoms with E-state index in [4.69, 9.17) is 6.42 Å². The third kappa shape index (κ3) is 3.76. The van der Waals surface area contributed by atoms with Gasteiger partial charge < -0.3 is 10.1 Å². The maximum atomic E-state index is 11.1. The molecule has 90 valence electrons. The maximum absolute atomic E-state index is 11.1. The highest BCUT2D eigenvalue weighted by Gasteiger charge is 2.09. The molecule has 0 fully saturated rings. The molecule has 0 aliphatic rings. The van der Waals surface area contributed by atoms with Gasteiger partial charge in [0.2, 0.25) is 0 Å². The lowest BCUT2D eigenvalue weighted by molar-refractivity contribution is 0.0593. The Morgan fingerprint density at radius 2 is 2.35 bits per heavy atom. The van der Waals surface area contributed by atoms with Crippen LogP contribution in [0.5, 0.6) is 0 Å². The Kier molecular flexibility index (Phi) is 4.95. The summed E-state index contributed by atoms with van der Waals surface area (Å²) in [5, 5.41) is 10.8. The van der Waals surface area contributed by atoms with Gasteiger partial charge in [0.05, 0.1) is 7.11 Å². The Bertz CT molecular complexity index is 409. The summed E-state index contributed by atoms with van der Waals surface area (Å²) in [6, 6.07) is 3.40. The Hall–Kier alpha value is -2.09. The number of nitrogens with zero attached hydrogens (tertiary/aromatic N) is 2. The predicted octanol–water partition coefficient (Wildman–Crippen LogP) is 1.48. The van der Waals surface area contributed by atoms with E-state index in [1.807, 2.05) is 6.92 Å². The summed E-state index contributed by atoms with van der Waals surface area (Å²) >= 11 is 0. The van der Waals surface area contributed by atoms with Crippen molar-refractivity contribution in [3.8, 4) is 12.3 Å². The first-order chi connectivity index (χ1) is 8.21. The van der Waals surface area contributed by atoms with Crippen molar-refractivity contribution in [2.75, 3.05) is 12.4 Å². The number of ether oxygens (including phenoxy) is 1. The van der Waals surface area contributed by atoms with Crippen molar-refractivity contribution in [3.63, 3.8) is 0 Å². The highest BCUT2D eigenvalue weighted by Crippen LogP contribution is 2.08. The molecule has 0 saturated carbocycles. The quantitative estimate of drug-likeness (QED) is 0.616. The van der Waals surface area contributed by atoms with Gasteiger partial charge in [-0.05, 0) is 18.6 Å². The first-order valence-corrected chi connectivity index (χ1v) is 5.33. The standard InChI is InChI=1S/C12H15N3O2/c1-4-6-9(5-2)13-11-8-7-10(14-15-11)12(16)17-3/h1,7-9H,5-6H2,2-3H3,(H,13,15). The van der Waals surface area contributed by atoms with Crippen LogP contribution in [-0.4, -0.2) is 29.3 Å². The molecule has 0 bridgehead atoms. The largest absolute Gasteiger partial charge is 0.464 e. The van der Waals surface area contributed by atoms with E-state index in [9.17, 15) is 4.79 Å². The van der Waals surface area contributed by atoms with Gasteiger partial charge in [0, 0.05) is 12.5 Å². The van der Waals surface area contributed by atoms with Gasteiger partial charge in [0.25, 0.3) is 0 Å². The zero-order valence-corrected chi connectivity index (χ0v) is 9.93. The van der Waals surface area contributed by atoms with Gasteiger partial charge in [-0.2, -0.15) is 0 Å². The number of aromatic nitrogens is 2. The Labute approximate surface area is 101 Å². The maximum Gasteiger partial charge on any atom is 0.358 e. The summed E-state index contributed by atoms with van der Waals surface area (Å²) in [7, 11) is 1.30. The second-order valence-electron chi connectivity index (χ2n) is 3.45. The number of nitrogens with one attached hydrogen (secondary N) is 1. The van der Waals surface area contributed by atoms with E-state index in [1.54, 1.807) is 12.1 Å². The fourth-order valence-corrected chi connectivity index (χ4v) is 1.27. The molecule has 0 amide bonds. The van der Waals surface area contributed by atoms with Crippen molar-refractivity contribution in [1.29, 1.82) is 0 Å². The van der Waals surface area contributed by atoms with Crippen molar-refractivity contribution < 1.29 is 9.53 Å². The monoisotopic (exact) mass is 233 g/mol. The topological polar surface area (TPSA) is 64.1 Å². The summed E-state index contributed by atoms with van der Waals surface area (Å²) in [5.74, 6) is 2.69. The Morgan fingerprint density at radius 1 is 1.59 bits per heavy atom. The lowest BCUT2D eigenvalue weighted by Crippen LogP contribution is -2.19. The number of hydrogen-bond donors (Lipinski definition) is 1. The smallest absolute Gasteiger partial charge is 0.358 e. The second-order valence-corrected chi connectivity index (χ2v) is 3.45. The summed E-state index contributed by atoms with van der Waals surface area (Å²) in [5.41, 5.74) is 0.183. The zero-order chi connectivity index (χ0) is 12.7. The predicted molar refractivity (Wildman–Crippen MR) is 64.5 cm³/mol. The first kappa shape index (κ1) is 13.0. The van der Waals surface area contributed by atoms with Crippen molar-refractivity contribution in [2.24, 2.45) is 0 Å². The second kappa shape index (κ2) is 6.48. The molecule has 1 unspecified atom stereocenters. The molecule has 5 heteroatoms. The van der Waals surface area contributed by atoms with E-state index < -0.39 is 5.97 Å². The SMILES string of the molecule is C#CCC(CC)Nc1ccc(C(=O)OC)nn1. The van der Waals surface area contributed by atoms with Crippen molar-refractivity contribution in [2.45, 2.75) is 25.8 Å². The molecule has 0 radical (unpaired) electrons. The number of terminal acetylenes is 1. The third-order valence-corrected chi connectivity index (χ3v) is 2.27. The molecule has 0 spiro atoms. The van der Waals surface area contributed by atoms with Gasteiger partial charge in [0.15, 0.2) is 5.69 Å². The molecule has 0 saturated heterocycles. The number of anilines is 1. The molecular weight excluding hydrogens is 218 g/mol. The van der Waals surface area contributed by atoms with Crippen LogP contribution < -0.4 is 5.32 Å². The van der Waals surface area contributed by atoms with Gasteiger partial charge >= 0.3 is 5.97 Å². The number of methoxy groups -OCH3 is 1. The number of carbonyl (C=O) groups excluding carboxylic acids is 1. The number of carbonyl (C=O) groups is 1. The van der Waals surface area contributed by atoms with Crippen LogP contribution in [0.25, 0.3) is 0 Å². The van der Waals surface area contributed by atoms with Crippen LogP contribution >= 0.6 is 0 Å². The van der Waals surface area contributed by atoms with Crippen molar-refractivity contribution in [3.05, 3.63) is 17.8 Å². The molecule has 1 atom stereocenters. The van der Waals surface area contributed by atoms with Crippen LogP contribution in [0.1, 0.15) is 30.3 Å². The molecule has 5 nitrogen and oxygen atoms in total. The summed E-state index contributed by atoms with van der Waals surface area (Å²) in [6.45, 7) is 2.03. The molecular formula is C12H15N3O2. The summed E-state index contributed by atoms with van der Waals surface area (Å²) < 4.78 is 4.53. The number of hydrogen-bond acceptors (Lipinski definition) is 5. The van der Waals surface area contributed by atoms with E-state index in [0.717, 1.165) is 6.42 Å². The molecule has 1 aromatic rings. The van der Waals surface area contributed by atoms with Crippen LogP contribution in [-0.2, 0) is 4.74 Å².